The van der Waals surface area contributed by atoms with Crippen LogP contribution in [0, 0.1) is 6.92 Å². The number of nitrogens with zero attached hydrogens (tertiary/aromatic N) is 1. The molecule has 0 saturated heterocycles. The summed E-state index contributed by atoms with van der Waals surface area (Å²) in [6, 6.07) is 12.6. The summed E-state index contributed by atoms with van der Waals surface area (Å²) in [5.41, 5.74) is 2.96. The van der Waals surface area contributed by atoms with Crippen LogP contribution in [0.4, 0.5) is 5.69 Å². The normalized spacial score (nSPS) is 17.5. The monoisotopic (exact) mass is 347 g/mol. The molecule has 1 unspecified atom stereocenters. The van der Waals surface area contributed by atoms with Crippen molar-refractivity contribution in [3.05, 3.63) is 59.2 Å². The molecule has 0 aliphatic carbocycles. The maximum atomic E-state index is 12.9. The third-order valence-corrected chi connectivity index (χ3v) is 6.03. The quantitative estimate of drug-likeness (QED) is 0.923. The number of aliphatic hydroxyl groups is 1. The van der Waals surface area contributed by atoms with Crippen LogP contribution < -0.4 is 9.04 Å². The fourth-order valence-electron chi connectivity index (χ4n) is 2.93. The van der Waals surface area contributed by atoms with E-state index in [4.69, 9.17) is 4.74 Å². The Balaban J connectivity index is 1.97. The molecule has 1 heterocycles. The average molecular weight is 347 g/mol. The van der Waals surface area contributed by atoms with Crippen LogP contribution in [0.5, 0.6) is 5.75 Å². The zero-order chi connectivity index (χ0) is 17.3. The van der Waals surface area contributed by atoms with Crippen molar-refractivity contribution in [2.24, 2.45) is 0 Å². The summed E-state index contributed by atoms with van der Waals surface area (Å²) in [5, 5.41) is 10.2. The number of ether oxygens (including phenoxy) is 1. The van der Waals surface area contributed by atoms with Gasteiger partial charge in [-0.2, -0.15) is 0 Å². The molecule has 6 heteroatoms. The fourth-order valence-corrected chi connectivity index (χ4v) is 4.54. The summed E-state index contributed by atoms with van der Waals surface area (Å²) >= 11 is 0. The Hall–Kier alpha value is -2.05. The van der Waals surface area contributed by atoms with E-state index in [0.717, 1.165) is 11.1 Å². The number of aryl methyl sites for hydroxylation is 1. The molecule has 2 aromatic rings. The Morgan fingerprint density at radius 2 is 1.92 bits per heavy atom. The topological polar surface area (TPSA) is 66.8 Å². The van der Waals surface area contributed by atoms with Gasteiger partial charge in [0.15, 0.2) is 0 Å². The van der Waals surface area contributed by atoms with Crippen molar-refractivity contribution in [1.82, 2.24) is 0 Å². The molecule has 0 radical (unpaired) electrons. The number of sulfonamides is 1. The first-order chi connectivity index (χ1) is 11.4. The maximum absolute atomic E-state index is 12.9. The minimum atomic E-state index is -3.54. The lowest BCUT2D eigenvalue weighted by Crippen LogP contribution is -2.37. The second-order valence-corrected chi connectivity index (χ2v) is 7.94. The predicted molar refractivity (Wildman–Crippen MR) is 93.7 cm³/mol. The highest BCUT2D eigenvalue weighted by atomic mass is 32.2. The molecule has 0 amide bonds. The number of rotatable bonds is 4. The van der Waals surface area contributed by atoms with Crippen LogP contribution in [0.15, 0.2) is 42.5 Å². The zero-order valence-electron chi connectivity index (χ0n) is 13.8. The van der Waals surface area contributed by atoms with Gasteiger partial charge in [0.25, 0.3) is 0 Å². The smallest absolute Gasteiger partial charge is 0.239 e. The van der Waals surface area contributed by atoms with E-state index in [1.54, 1.807) is 18.2 Å². The summed E-state index contributed by atoms with van der Waals surface area (Å²) < 4.78 is 32.4. The van der Waals surface area contributed by atoms with E-state index in [-0.39, 0.29) is 12.3 Å². The van der Waals surface area contributed by atoms with Crippen molar-refractivity contribution in [2.45, 2.75) is 25.2 Å². The Morgan fingerprint density at radius 3 is 2.58 bits per heavy atom. The molecular formula is C18H21NO4S. The van der Waals surface area contributed by atoms with Gasteiger partial charge in [0, 0.05) is 18.2 Å². The van der Waals surface area contributed by atoms with Gasteiger partial charge in [0.2, 0.25) is 10.0 Å². The van der Waals surface area contributed by atoms with Gasteiger partial charge in [-0.1, -0.05) is 35.9 Å². The van der Waals surface area contributed by atoms with Gasteiger partial charge in [0.1, 0.15) is 5.75 Å². The lowest BCUT2D eigenvalue weighted by molar-refractivity contribution is 0.166. The lowest BCUT2D eigenvalue weighted by Gasteiger charge is -2.33. The molecule has 2 aromatic carbocycles. The molecule has 24 heavy (non-hydrogen) atoms. The van der Waals surface area contributed by atoms with Gasteiger partial charge in [0.05, 0.1) is 24.7 Å². The molecule has 1 N–H and O–H groups in total. The predicted octanol–water partition coefficient (Wildman–Crippen LogP) is 2.78. The van der Waals surface area contributed by atoms with Gasteiger partial charge >= 0.3 is 0 Å². The first-order valence-corrected chi connectivity index (χ1v) is 9.43. The lowest BCUT2D eigenvalue weighted by atomic mass is 10.0. The molecule has 1 aliphatic heterocycles. The van der Waals surface area contributed by atoms with E-state index in [9.17, 15) is 13.5 Å². The molecule has 0 bridgehead atoms. The summed E-state index contributed by atoms with van der Waals surface area (Å²) in [7, 11) is -2.01. The first-order valence-electron chi connectivity index (χ1n) is 7.82. The summed E-state index contributed by atoms with van der Waals surface area (Å²) in [5.74, 6) is 0.499. The van der Waals surface area contributed by atoms with E-state index in [0.29, 0.717) is 23.4 Å². The van der Waals surface area contributed by atoms with Crippen molar-refractivity contribution < 1.29 is 18.3 Å². The van der Waals surface area contributed by atoms with E-state index in [2.05, 4.69) is 0 Å². The van der Waals surface area contributed by atoms with E-state index in [1.807, 2.05) is 31.2 Å². The minimum Gasteiger partial charge on any atom is -0.497 e. The molecule has 0 fully saturated rings. The molecule has 3 rings (SSSR count). The van der Waals surface area contributed by atoms with Crippen molar-refractivity contribution in [1.29, 1.82) is 0 Å². The van der Waals surface area contributed by atoms with Gasteiger partial charge in [-0.3, -0.25) is 4.31 Å². The Kier molecular flexibility index (Phi) is 4.51. The Morgan fingerprint density at radius 1 is 1.21 bits per heavy atom. The number of anilines is 1. The number of fused-ring (bicyclic) bond motifs is 1. The SMILES string of the molecule is COc1ccc2c(c1)N(S(=O)(=O)Cc1ccc(C)cc1)CCC2O. The Bertz CT molecular complexity index is 831. The molecule has 5 nitrogen and oxygen atoms in total. The van der Waals surface area contributed by atoms with E-state index >= 15 is 0 Å². The third kappa shape index (κ3) is 3.25. The van der Waals surface area contributed by atoms with Crippen LogP contribution >= 0.6 is 0 Å². The van der Waals surface area contributed by atoms with Crippen LogP contribution in [0.3, 0.4) is 0 Å². The highest BCUT2D eigenvalue weighted by Gasteiger charge is 2.31. The summed E-state index contributed by atoms with van der Waals surface area (Å²) in [6.07, 6.45) is -0.274. The van der Waals surface area contributed by atoms with Crippen LogP contribution in [-0.2, 0) is 15.8 Å². The maximum Gasteiger partial charge on any atom is 0.239 e. The standard InChI is InChI=1S/C18H21NO4S/c1-13-3-5-14(6-4-13)12-24(21,22)19-10-9-18(20)16-8-7-15(23-2)11-17(16)19/h3-8,11,18,20H,9-10,12H2,1-2H3. The van der Waals surface area contributed by atoms with Gasteiger partial charge < -0.3 is 9.84 Å². The van der Waals surface area contributed by atoms with Crippen LogP contribution in [0.25, 0.3) is 0 Å². The minimum absolute atomic E-state index is 0.0694. The number of aliphatic hydroxyl groups excluding tert-OH is 1. The highest BCUT2D eigenvalue weighted by Crippen LogP contribution is 2.38. The molecular weight excluding hydrogens is 326 g/mol. The number of benzene rings is 2. The van der Waals surface area contributed by atoms with Crippen LogP contribution in [0.2, 0.25) is 0 Å². The van der Waals surface area contributed by atoms with Gasteiger partial charge in [-0.05, 0) is 25.0 Å². The second kappa shape index (κ2) is 6.45. The second-order valence-electron chi connectivity index (χ2n) is 6.04. The van der Waals surface area contributed by atoms with Crippen LogP contribution in [-0.4, -0.2) is 27.2 Å². The van der Waals surface area contributed by atoms with E-state index < -0.39 is 16.1 Å². The van der Waals surface area contributed by atoms with Crippen molar-refractivity contribution >= 4 is 15.7 Å². The molecule has 1 atom stereocenters. The molecule has 128 valence electrons. The van der Waals surface area contributed by atoms with Gasteiger partial charge in [-0.15, -0.1) is 0 Å². The number of methoxy groups -OCH3 is 1. The highest BCUT2D eigenvalue weighted by molar-refractivity contribution is 7.92. The van der Waals surface area contributed by atoms with Gasteiger partial charge in [-0.25, -0.2) is 8.42 Å². The molecule has 0 saturated carbocycles. The van der Waals surface area contributed by atoms with Crippen molar-refractivity contribution in [3.63, 3.8) is 0 Å². The summed E-state index contributed by atoms with van der Waals surface area (Å²) in [6.45, 7) is 2.22. The fraction of sp³-hybridized carbons (Fsp3) is 0.333. The van der Waals surface area contributed by atoms with Crippen molar-refractivity contribution in [3.8, 4) is 5.75 Å². The zero-order valence-corrected chi connectivity index (χ0v) is 14.6. The number of hydrogen-bond donors (Lipinski definition) is 1. The largest absolute Gasteiger partial charge is 0.497 e. The third-order valence-electron chi connectivity index (χ3n) is 4.28. The van der Waals surface area contributed by atoms with Crippen LogP contribution in [0.1, 0.15) is 29.2 Å². The van der Waals surface area contributed by atoms with Crippen molar-refractivity contribution in [2.75, 3.05) is 18.0 Å². The summed E-state index contributed by atoms with van der Waals surface area (Å²) in [4.78, 5) is 0. The number of hydrogen-bond acceptors (Lipinski definition) is 4. The Labute approximate surface area is 142 Å². The molecule has 0 spiro atoms. The molecule has 1 aliphatic rings. The van der Waals surface area contributed by atoms with E-state index in [1.165, 1.54) is 11.4 Å². The molecule has 0 aromatic heterocycles. The first kappa shape index (κ1) is 16.8. The average Bonchev–Trinajstić information content (AvgIpc) is 2.56.